The Morgan fingerprint density at radius 1 is 1.24 bits per heavy atom. The summed E-state index contributed by atoms with van der Waals surface area (Å²) in [7, 11) is 0. The summed E-state index contributed by atoms with van der Waals surface area (Å²) >= 11 is 0. The van der Waals surface area contributed by atoms with Gasteiger partial charge in [0.25, 0.3) is 0 Å². The first kappa shape index (κ1) is 9.30. The van der Waals surface area contributed by atoms with Crippen LogP contribution in [0, 0.1) is 0 Å². The second-order valence-corrected chi connectivity index (χ2v) is 4.70. The second kappa shape index (κ2) is 3.37. The molecule has 0 aliphatic carbocycles. The lowest BCUT2D eigenvalue weighted by atomic mass is 10.2. The fourth-order valence-electron chi connectivity index (χ4n) is 2.82. The quantitative estimate of drug-likeness (QED) is 0.794. The van der Waals surface area contributed by atoms with Gasteiger partial charge in [0.05, 0.1) is 6.04 Å². The highest BCUT2D eigenvalue weighted by molar-refractivity contribution is 5.49. The predicted octanol–water partition coefficient (Wildman–Crippen LogP) is 1.15. The zero-order valence-electron chi connectivity index (χ0n) is 9.37. The zero-order valence-corrected chi connectivity index (χ0v) is 9.37. The molecule has 2 aromatic rings. The Morgan fingerprint density at radius 3 is 3.12 bits per heavy atom. The van der Waals surface area contributed by atoms with Gasteiger partial charge in [-0.25, -0.2) is 0 Å². The van der Waals surface area contributed by atoms with E-state index in [4.69, 9.17) is 0 Å². The molecule has 0 spiro atoms. The Labute approximate surface area is 98.9 Å². The standard InChI is InChI=1S/C12H13N5/c1-2-6-13-9(3-1)11-15-16-12-10-5-4-8(14-10)7-17(11)12/h1-3,6,8,10,14H,4-5,7H2/t8-,10+/m0/s1. The smallest absolute Gasteiger partial charge is 0.182 e. The lowest BCUT2D eigenvalue weighted by molar-refractivity contribution is 0.412. The van der Waals surface area contributed by atoms with Gasteiger partial charge in [-0.1, -0.05) is 6.07 Å². The number of nitrogens with zero attached hydrogens (tertiary/aromatic N) is 4. The molecular weight excluding hydrogens is 214 g/mol. The van der Waals surface area contributed by atoms with Gasteiger partial charge in [0, 0.05) is 18.8 Å². The van der Waals surface area contributed by atoms with Crippen molar-refractivity contribution in [3.63, 3.8) is 0 Å². The Hall–Kier alpha value is -1.75. The van der Waals surface area contributed by atoms with Gasteiger partial charge in [0.1, 0.15) is 5.69 Å². The Balaban J connectivity index is 1.85. The van der Waals surface area contributed by atoms with Gasteiger partial charge < -0.3 is 9.88 Å². The van der Waals surface area contributed by atoms with Gasteiger partial charge in [-0.15, -0.1) is 10.2 Å². The second-order valence-electron chi connectivity index (χ2n) is 4.70. The summed E-state index contributed by atoms with van der Waals surface area (Å²) in [5.41, 5.74) is 0.910. The number of fused-ring (bicyclic) bond motifs is 4. The predicted molar refractivity (Wildman–Crippen MR) is 62.2 cm³/mol. The average molecular weight is 227 g/mol. The van der Waals surface area contributed by atoms with Crippen LogP contribution in [0.5, 0.6) is 0 Å². The molecule has 0 radical (unpaired) electrons. The largest absolute Gasteiger partial charge is 0.307 e. The molecule has 0 unspecified atom stereocenters. The molecule has 1 saturated heterocycles. The van der Waals surface area contributed by atoms with Crippen LogP contribution in [-0.4, -0.2) is 25.8 Å². The number of hydrogen-bond donors (Lipinski definition) is 1. The molecule has 86 valence electrons. The van der Waals surface area contributed by atoms with E-state index >= 15 is 0 Å². The van der Waals surface area contributed by atoms with Crippen molar-refractivity contribution in [1.29, 1.82) is 0 Å². The first-order chi connectivity index (χ1) is 8.42. The summed E-state index contributed by atoms with van der Waals surface area (Å²) in [5.74, 6) is 1.97. The van der Waals surface area contributed by atoms with E-state index in [1.54, 1.807) is 6.20 Å². The highest BCUT2D eigenvalue weighted by Gasteiger charge is 2.35. The lowest BCUT2D eigenvalue weighted by Gasteiger charge is -2.23. The van der Waals surface area contributed by atoms with Gasteiger partial charge in [0.2, 0.25) is 0 Å². The third kappa shape index (κ3) is 1.32. The van der Waals surface area contributed by atoms with Crippen molar-refractivity contribution in [2.75, 3.05) is 0 Å². The molecule has 0 aromatic carbocycles. The molecule has 2 aliphatic heterocycles. The number of aromatic nitrogens is 4. The fourth-order valence-corrected chi connectivity index (χ4v) is 2.82. The van der Waals surface area contributed by atoms with Crippen LogP contribution in [0.3, 0.4) is 0 Å². The van der Waals surface area contributed by atoms with Crippen molar-refractivity contribution in [1.82, 2.24) is 25.1 Å². The Kier molecular flexibility index (Phi) is 1.84. The third-order valence-corrected chi connectivity index (χ3v) is 3.63. The van der Waals surface area contributed by atoms with E-state index in [1.807, 2.05) is 18.2 Å². The van der Waals surface area contributed by atoms with Crippen LogP contribution in [-0.2, 0) is 6.54 Å². The summed E-state index contributed by atoms with van der Waals surface area (Å²) in [6.07, 6.45) is 4.20. The van der Waals surface area contributed by atoms with Gasteiger partial charge in [0.15, 0.2) is 11.6 Å². The van der Waals surface area contributed by atoms with Crippen LogP contribution in [0.1, 0.15) is 24.7 Å². The van der Waals surface area contributed by atoms with E-state index in [0.717, 1.165) is 23.9 Å². The van der Waals surface area contributed by atoms with Crippen molar-refractivity contribution in [2.45, 2.75) is 31.5 Å². The van der Waals surface area contributed by atoms with E-state index in [9.17, 15) is 0 Å². The molecule has 0 saturated carbocycles. The van der Waals surface area contributed by atoms with Gasteiger partial charge in [-0.3, -0.25) is 4.98 Å². The molecule has 5 heteroatoms. The molecule has 5 nitrogen and oxygen atoms in total. The van der Waals surface area contributed by atoms with Crippen LogP contribution in [0.2, 0.25) is 0 Å². The van der Waals surface area contributed by atoms with Crippen LogP contribution < -0.4 is 5.32 Å². The summed E-state index contributed by atoms with van der Waals surface area (Å²) in [5, 5.41) is 12.2. The van der Waals surface area contributed by atoms with Crippen LogP contribution in [0.25, 0.3) is 11.5 Å². The molecule has 1 fully saturated rings. The molecule has 17 heavy (non-hydrogen) atoms. The molecule has 2 aromatic heterocycles. The minimum absolute atomic E-state index is 0.388. The van der Waals surface area contributed by atoms with E-state index in [1.165, 1.54) is 12.8 Å². The third-order valence-electron chi connectivity index (χ3n) is 3.63. The van der Waals surface area contributed by atoms with E-state index in [2.05, 4.69) is 25.1 Å². The molecule has 4 heterocycles. The molecule has 1 N–H and O–H groups in total. The number of nitrogens with one attached hydrogen (secondary N) is 1. The first-order valence-corrected chi connectivity index (χ1v) is 6.02. The van der Waals surface area contributed by atoms with Crippen molar-refractivity contribution in [3.05, 3.63) is 30.2 Å². The van der Waals surface area contributed by atoms with Crippen LogP contribution in [0.4, 0.5) is 0 Å². The van der Waals surface area contributed by atoms with Crippen molar-refractivity contribution in [2.24, 2.45) is 0 Å². The van der Waals surface area contributed by atoms with Crippen LogP contribution >= 0.6 is 0 Å². The van der Waals surface area contributed by atoms with E-state index in [0.29, 0.717) is 12.1 Å². The summed E-state index contributed by atoms with van der Waals surface area (Å²) in [6, 6.07) is 6.85. The van der Waals surface area contributed by atoms with Crippen molar-refractivity contribution in [3.8, 4) is 11.5 Å². The van der Waals surface area contributed by atoms with Crippen LogP contribution in [0.15, 0.2) is 24.4 Å². The van der Waals surface area contributed by atoms with E-state index in [-0.39, 0.29) is 0 Å². The average Bonchev–Trinajstić information content (AvgIpc) is 2.96. The molecule has 2 atom stereocenters. The maximum atomic E-state index is 4.36. The van der Waals surface area contributed by atoms with Gasteiger partial charge in [-0.2, -0.15) is 0 Å². The van der Waals surface area contributed by atoms with Gasteiger partial charge in [-0.05, 0) is 25.0 Å². The molecule has 2 aliphatic rings. The fraction of sp³-hybridized carbons (Fsp3) is 0.417. The molecular formula is C12H13N5. The van der Waals surface area contributed by atoms with Crippen molar-refractivity contribution >= 4 is 0 Å². The monoisotopic (exact) mass is 227 g/mol. The molecule has 0 amide bonds. The highest BCUT2D eigenvalue weighted by atomic mass is 15.3. The number of rotatable bonds is 1. The minimum Gasteiger partial charge on any atom is -0.307 e. The summed E-state index contributed by atoms with van der Waals surface area (Å²) < 4.78 is 2.22. The minimum atomic E-state index is 0.388. The molecule has 2 bridgehead atoms. The maximum Gasteiger partial charge on any atom is 0.182 e. The lowest BCUT2D eigenvalue weighted by Crippen LogP contribution is -2.35. The topological polar surface area (TPSA) is 55.6 Å². The maximum absolute atomic E-state index is 4.36. The molecule has 4 rings (SSSR count). The Bertz CT molecular complexity index is 547. The highest BCUT2D eigenvalue weighted by Crippen LogP contribution is 2.33. The van der Waals surface area contributed by atoms with Crippen molar-refractivity contribution < 1.29 is 0 Å². The SMILES string of the molecule is c1ccc(-c2nnc3n2C[C@@H]2CC[C@H]3N2)nc1. The zero-order chi connectivity index (χ0) is 11.2. The summed E-state index contributed by atoms with van der Waals surface area (Å²) in [4.78, 5) is 4.36. The number of hydrogen-bond acceptors (Lipinski definition) is 4. The van der Waals surface area contributed by atoms with Gasteiger partial charge >= 0.3 is 0 Å². The number of pyridine rings is 1. The first-order valence-electron chi connectivity index (χ1n) is 6.02. The normalized spacial score (nSPS) is 25.9. The summed E-state index contributed by atoms with van der Waals surface area (Å²) in [6.45, 7) is 0.963. The Morgan fingerprint density at radius 2 is 2.24 bits per heavy atom. The van der Waals surface area contributed by atoms with E-state index < -0.39 is 0 Å².